The van der Waals surface area contributed by atoms with Crippen molar-refractivity contribution in [1.82, 2.24) is 19.7 Å². The van der Waals surface area contributed by atoms with E-state index in [2.05, 4.69) is 15.1 Å². The molecule has 0 radical (unpaired) electrons. The van der Waals surface area contributed by atoms with Crippen LogP contribution in [0.25, 0.3) is 22.3 Å². The lowest BCUT2D eigenvalue weighted by atomic mass is 10.0. The van der Waals surface area contributed by atoms with Crippen molar-refractivity contribution in [3.63, 3.8) is 0 Å². The second kappa shape index (κ2) is 7.04. The summed E-state index contributed by atoms with van der Waals surface area (Å²) in [4.78, 5) is 10.5. The standard InChI is InChI=1S/C18H16F5N5O2/c1-8-7-28(3-4-30-8)17-24-6-10-14(26-27(2)16(10)25-17)9-5-11(18(21,22)23)13(20)15(29)12(9)19/h5-6,8,29H,3-4,7H2,1-2H3/t8-/m1/s1. The quantitative estimate of drug-likeness (QED) is 0.631. The highest BCUT2D eigenvalue weighted by Crippen LogP contribution is 2.41. The van der Waals surface area contributed by atoms with Gasteiger partial charge in [-0.3, -0.25) is 0 Å². The highest BCUT2D eigenvalue weighted by molar-refractivity contribution is 5.91. The predicted octanol–water partition coefficient (Wildman–Crippen LogP) is 3.26. The van der Waals surface area contributed by atoms with E-state index in [-0.39, 0.29) is 28.9 Å². The van der Waals surface area contributed by atoms with Gasteiger partial charge in [0.2, 0.25) is 5.95 Å². The molecule has 0 spiro atoms. The number of rotatable bonds is 2. The van der Waals surface area contributed by atoms with Gasteiger partial charge in [-0.1, -0.05) is 0 Å². The first-order valence-corrected chi connectivity index (χ1v) is 8.92. The number of aromatic nitrogens is 4. The van der Waals surface area contributed by atoms with E-state index >= 15 is 0 Å². The average molecular weight is 429 g/mol. The third-order valence-corrected chi connectivity index (χ3v) is 4.83. The van der Waals surface area contributed by atoms with Gasteiger partial charge in [0.1, 0.15) is 5.69 Å². The van der Waals surface area contributed by atoms with Gasteiger partial charge in [-0.25, -0.2) is 18.4 Å². The van der Waals surface area contributed by atoms with Crippen LogP contribution in [-0.4, -0.2) is 50.7 Å². The van der Waals surface area contributed by atoms with E-state index in [4.69, 9.17) is 4.74 Å². The summed E-state index contributed by atoms with van der Waals surface area (Å²) in [6.45, 7) is 3.48. The number of hydrogen-bond donors (Lipinski definition) is 1. The molecule has 1 saturated heterocycles. The van der Waals surface area contributed by atoms with Gasteiger partial charge in [-0.2, -0.15) is 23.3 Å². The monoisotopic (exact) mass is 429 g/mol. The first kappa shape index (κ1) is 20.3. The Morgan fingerprint density at radius 1 is 1.23 bits per heavy atom. The third-order valence-electron chi connectivity index (χ3n) is 4.83. The second-order valence-electron chi connectivity index (χ2n) is 6.95. The summed E-state index contributed by atoms with van der Waals surface area (Å²) in [7, 11) is 1.48. The summed E-state index contributed by atoms with van der Waals surface area (Å²) in [6.07, 6.45) is -3.85. The lowest BCUT2D eigenvalue weighted by Gasteiger charge is -2.31. The van der Waals surface area contributed by atoms with E-state index in [1.54, 1.807) is 0 Å². The van der Waals surface area contributed by atoms with Crippen molar-refractivity contribution in [2.75, 3.05) is 24.6 Å². The molecule has 1 aromatic carbocycles. The van der Waals surface area contributed by atoms with Gasteiger partial charge in [0.25, 0.3) is 0 Å². The van der Waals surface area contributed by atoms with Crippen molar-refractivity contribution in [3.8, 4) is 17.0 Å². The molecule has 1 aliphatic rings. The summed E-state index contributed by atoms with van der Waals surface area (Å²) in [6, 6.07) is 0.281. The van der Waals surface area contributed by atoms with Gasteiger partial charge in [0.15, 0.2) is 23.0 Å². The summed E-state index contributed by atoms with van der Waals surface area (Å²) < 4.78 is 74.4. The molecule has 0 aliphatic carbocycles. The lowest BCUT2D eigenvalue weighted by Crippen LogP contribution is -2.42. The van der Waals surface area contributed by atoms with Crippen molar-refractivity contribution in [2.45, 2.75) is 19.2 Å². The maximum atomic E-state index is 14.5. The number of aromatic hydroxyl groups is 1. The van der Waals surface area contributed by atoms with Gasteiger partial charge in [0, 0.05) is 31.9 Å². The minimum absolute atomic E-state index is 0.0304. The molecule has 1 fully saturated rings. The number of aryl methyl sites for hydroxylation is 1. The number of alkyl halides is 3. The van der Waals surface area contributed by atoms with Crippen LogP contribution in [0.15, 0.2) is 12.3 Å². The zero-order valence-corrected chi connectivity index (χ0v) is 15.8. The summed E-state index contributed by atoms with van der Waals surface area (Å²) >= 11 is 0. The Bertz CT molecular complexity index is 1130. The van der Waals surface area contributed by atoms with E-state index in [0.717, 1.165) is 0 Å². The molecule has 3 aromatic rings. The van der Waals surface area contributed by atoms with Crippen LogP contribution in [0.1, 0.15) is 12.5 Å². The fourth-order valence-electron chi connectivity index (χ4n) is 3.38. The Morgan fingerprint density at radius 3 is 2.63 bits per heavy atom. The van der Waals surface area contributed by atoms with Crippen LogP contribution in [0.2, 0.25) is 0 Å². The Hall–Kier alpha value is -3.02. The first-order chi connectivity index (χ1) is 14.1. The van der Waals surface area contributed by atoms with E-state index in [0.29, 0.717) is 25.6 Å². The highest BCUT2D eigenvalue weighted by Gasteiger charge is 2.38. The Balaban J connectivity index is 1.86. The minimum atomic E-state index is -5.13. The third kappa shape index (κ3) is 3.30. The molecule has 0 unspecified atom stereocenters. The molecule has 1 N–H and O–H groups in total. The Labute approximate surface area is 166 Å². The number of phenols is 1. The van der Waals surface area contributed by atoms with Crippen LogP contribution in [0.4, 0.5) is 27.9 Å². The molecule has 2 aromatic heterocycles. The molecule has 0 bridgehead atoms. The van der Waals surface area contributed by atoms with Crippen LogP contribution < -0.4 is 4.90 Å². The van der Waals surface area contributed by atoms with Crippen LogP contribution in [0, 0.1) is 11.6 Å². The van der Waals surface area contributed by atoms with Crippen LogP contribution in [0.5, 0.6) is 5.75 Å². The van der Waals surface area contributed by atoms with E-state index in [1.165, 1.54) is 17.9 Å². The Kier molecular flexibility index (Phi) is 4.76. The van der Waals surface area contributed by atoms with Crippen molar-refractivity contribution >= 4 is 17.0 Å². The molecular formula is C18H16F5N5O2. The number of halogens is 5. The SMILES string of the molecule is C[C@@H]1CN(c2ncc3c(-c4cc(C(F)(F)F)c(F)c(O)c4F)nn(C)c3n2)CCO1. The molecule has 30 heavy (non-hydrogen) atoms. The Morgan fingerprint density at radius 2 is 1.97 bits per heavy atom. The summed E-state index contributed by atoms with van der Waals surface area (Å²) in [5.74, 6) is -4.99. The molecule has 7 nitrogen and oxygen atoms in total. The van der Waals surface area contributed by atoms with Gasteiger partial charge >= 0.3 is 6.18 Å². The summed E-state index contributed by atoms with van der Waals surface area (Å²) in [5.41, 5.74) is -2.50. The van der Waals surface area contributed by atoms with Crippen molar-refractivity contribution in [2.24, 2.45) is 7.05 Å². The maximum absolute atomic E-state index is 14.5. The first-order valence-electron chi connectivity index (χ1n) is 8.92. The fraction of sp³-hybridized carbons (Fsp3) is 0.389. The molecule has 12 heteroatoms. The number of anilines is 1. The minimum Gasteiger partial charge on any atom is -0.503 e. The molecule has 3 heterocycles. The zero-order valence-electron chi connectivity index (χ0n) is 15.8. The molecule has 0 saturated carbocycles. The lowest BCUT2D eigenvalue weighted by molar-refractivity contribution is -0.140. The topological polar surface area (TPSA) is 76.3 Å². The van der Waals surface area contributed by atoms with Gasteiger partial charge < -0.3 is 14.7 Å². The van der Waals surface area contributed by atoms with E-state index in [9.17, 15) is 27.1 Å². The molecule has 160 valence electrons. The van der Waals surface area contributed by atoms with Crippen molar-refractivity contribution < 1.29 is 31.8 Å². The van der Waals surface area contributed by atoms with Gasteiger partial charge in [-0.05, 0) is 13.0 Å². The van der Waals surface area contributed by atoms with Crippen molar-refractivity contribution in [3.05, 3.63) is 29.5 Å². The molecule has 1 aliphatic heterocycles. The molecular weight excluding hydrogens is 413 g/mol. The number of ether oxygens (including phenoxy) is 1. The number of morpholine rings is 1. The molecule has 1 atom stereocenters. The summed E-state index contributed by atoms with van der Waals surface area (Å²) in [5, 5.41) is 13.8. The van der Waals surface area contributed by atoms with Gasteiger partial charge in [0.05, 0.1) is 23.7 Å². The van der Waals surface area contributed by atoms with Gasteiger partial charge in [-0.15, -0.1) is 0 Å². The van der Waals surface area contributed by atoms with Crippen LogP contribution >= 0.6 is 0 Å². The maximum Gasteiger partial charge on any atom is 0.419 e. The predicted molar refractivity (Wildman–Crippen MR) is 95.9 cm³/mol. The molecule has 0 amide bonds. The largest absolute Gasteiger partial charge is 0.503 e. The smallest absolute Gasteiger partial charge is 0.419 e. The van der Waals surface area contributed by atoms with E-state index < -0.39 is 34.7 Å². The zero-order chi connectivity index (χ0) is 21.8. The van der Waals surface area contributed by atoms with Crippen molar-refractivity contribution in [1.29, 1.82) is 0 Å². The van der Waals surface area contributed by atoms with E-state index in [1.807, 2.05) is 11.8 Å². The fourth-order valence-corrected chi connectivity index (χ4v) is 3.38. The number of nitrogens with zero attached hydrogens (tertiary/aromatic N) is 5. The number of benzene rings is 1. The van der Waals surface area contributed by atoms with Crippen LogP contribution in [0.3, 0.4) is 0 Å². The highest BCUT2D eigenvalue weighted by atomic mass is 19.4. The molecule has 4 rings (SSSR count). The number of hydrogen-bond acceptors (Lipinski definition) is 6. The number of phenolic OH excluding ortho intramolecular Hbond substituents is 1. The van der Waals surface area contributed by atoms with Crippen LogP contribution in [-0.2, 0) is 18.0 Å². The average Bonchev–Trinajstić information content (AvgIpc) is 3.01. The number of fused-ring (bicyclic) bond motifs is 1. The normalized spacial score (nSPS) is 17.7. The second-order valence-corrected chi connectivity index (χ2v) is 6.95.